The third kappa shape index (κ3) is 4.17. The number of phenols is 1. The summed E-state index contributed by atoms with van der Waals surface area (Å²) in [4.78, 5) is 23.1. The summed E-state index contributed by atoms with van der Waals surface area (Å²) in [6, 6.07) is 15.1. The van der Waals surface area contributed by atoms with Crippen LogP contribution in [-0.4, -0.2) is 23.1 Å². The number of anilines is 1. The number of nitrogens with one attached hydrogen (secondary N) is 2. The Morgan fingerprint density at radius 3 is 2.33 bits per heavy atom. The van der Waals surface area contributed by atoms with Crippen molar-refractivity contribution in [3.63, 3.8) is 0 Å². The van der Waals surface area contributed by atoms with Gasteiger partial charge in [0, 0.05) is 11.3 Å². The molecule has 0 heterocycles. The number of hydrogen-bond donors (Lipinski definition) is 3. The Morgan fingerprint density at radius 1 is 0.952 bits per heavy atom. The van der Waals surface area contributed by atoms with Crippen LogP contribution >= 0.6 is 0 Å². The molecule has 2 rings (SSSR count). The molecule has 2 aromatic rings. The van der Waals surface area contributed by atoms with E-state index in [9.17, 15) is 14.7 Å². The Hall–Kier alpha value is -3.15. The second-order valence-electron chi connectivity index (χ2n) is 4.08. The van der Waals surface area contributed by atoms with Gasteiger partial charge in [0.2, 0.25) is 0 Å². The van der Waals surface area contributed by atoms with E-state index >= 15 is 0 Å². The van der Waals surface area contributed by atoms with Crippen molar-refractivity contribution in [2.24, 2.45) is 5.10 Å². The summed E-state index contributed by atoms with van der Waals surface area (Å²) in [5.41, 5.74) is 3.03. The Balaban J connectivity index is 1.90. The van der Waals surface area contributed by atoms with Crippen LogP contribution in [0.3, 0.4) is 0 Å². The topological polar surface area (TPSA) is 90.8 Å². The molecule has 0 saturated carbocycles. The number of amides is 2. The molecule has 0 radical (unpaired) electrons. The highest BCUT2D eigenvalue weighted by Crippen LogP contribution is 2.12. The molecule has 0 aromatic heterocycles. The van der Waals surface area contributed by atoms with Crippen LogP contribution < -0.4 is 10.7 Å². The highest BCUT2D eigenvalue weighted by Gasteiger charge is 2.12. The molecule has 21 heavy (non-hydrogen) atoms. The summed E-state index contributed by atoms with van der Waals surface area (Å²) < 4.78 is 0. The van der Waals surface area contributed by atoms with Gasteiger partial charge in [0.05, 0.1) is 6.21 Å². The standard InChI is InChI=1S/C15H13N3O3/c19-13-9-5-4-6-11(13)10-16-18-15(21)14(20)17-12-7-2-1-3-8-12/h1-10,19H,(H,17,20)(H,18,21)/b16-10+. The van der Waals surface area contributed by atoms with Crippen molar-refractivity contribution in [3.8, 4) is 5.75 Å². The van der Waals surface area contributed by atoms with E-state index in [2.05, 4.69) is 15.8 Å². The van der Waals surface area contributed by atoms with Crippen molar-refractivity contribution >= 4 is 23.7 Å². The Kier molecular flexibility index (Phi) is 4.66. The highest BCUT2D eigenvalue weighted by atomic mass is 16.3. The zero-order valence-corrected chi connectivity index (χ0v) is 11.0. The van der Waals surface area contributed by atoms with Crippen LogP contribution in [0.4, 0.5) is 5.69 Å². The lowest BCUT2D eigenvalue weighted by Crippen LogP contribution is -2.32. The van der Waals surface area contributed by atoms with Crippen LogP contribution in [0.25, 0.3) is 0 Å². The molecule has 0 bridgehead atoms. The first-order valence-corrected chi connectivity index (χ1v) is 6.14. The molecule has 0 aliphatic heterocycles. The smallest absolute Gasteiger partial charge is 0.329 e. The summed E-state index contributed by atoms with van der Waals surface area (Å²) in [5, 5.41) is 15.5. The van der Waals surface area contributed by atoms with Gasteiger partial charge in [0.1, 0.15) is 5.75 Å². The van der Waals surface area contributed by atoms with Gasteiger partial charge in [-0.25, -0.2) is 5.43 Å². The minimum absolute atomic E-state index is 0.0317. The number of nitrogens with zero attached hydrogens (tertiary/aromatic N) is 1. The molecule has 3 N–H and O–H groups in total. The highest BCUT2D eigenvalue weighted by molar-refractivity contribution is 6.39. The fraction of sp³-hybridized carbons (Fsp3) is 0. The molecule has 0 aliphatic carbocycles. The van der Waals surface area contributed by atoms with Crippen molar-refractivity contribution in [1.29, 1.82) is 0 Å². The average molecular weight is 283 g/mol. The maximum absolute atomic E-state index is 11.6. The van der Waals surface area contributed by atoms with Crippen molar-refractivity contribution in [1.82, 2.24) is 5.43 Å². The lowest BCUT2D eigenvalue weighted by molar-refractivity contribution is -0.136. The second-order valence-corrected chi connectivity index (χ2v) is 4.08. The molecular weight excluding hydrogens is 270 g/mol. The third-order valence-corrected chi connectivity index (χ3v) is 2.54. The first-order chi connectivity index (χ1) is 10.2. The fourth-order valence-corrected chi connectivity index (χ4v) is 1.52. The van der Waals surface area contributed by atoms with Gasteiger partial charge >= 0.3 is 11.8 Å². The number of hydrazone groups is 1. The van der Waals surface area contributed by atoms with Crippen molar-refractivity contribution in [3.05, 3.63) is 60.2 Å². The number of para-hydroxylation sites is 2. The molecule has 0 saturated heterocycles. The van der Waals surface area contributed by atoms with Crippen LogP contribution in [-0.2, 0) is 9.59 Å². The molecule has 2 aromatic carbocycles. The SMILES string of the molecule is O=C(N/N=C/c1ccccc1O)C(=O)Nc1ccccc1. The molecule has 0 unspecified atom stereocenters. The molecule has 6 heteroatoms. The van der Waals surface area contributed by atoms with E-state index in [1.165, 1.54) is 12.3 Å². The van der Waals surface area contributed by atoms with Crippen molar-refractivity contribution in [2.45, 2.75) is 0 Å². The van der Waals surface area contributed by atoms with E-state index < -0.39 is 11.8 Å². The van der Waals surface area contributed by atoms with Gasteiger partial charge in [-0.3, -0.25) is 9.59 Å². The number of aromatic hydroxyl groups is 1. The van der Waals surface area contributed by atoms with Gasteiger partial charge < -0.3 is 10.4 Å². The van der Waals surface area contributed by atoms with Gasteiger partial charge in [-0.2, -0.15) is 5.10 Å². The van der Waals surface area contributed by atoms with Gasteiger partial charge in [-0.1, -0.05) is 30.3 Å². The zero-order chi connectivity index (χ0) is 15.1. The maximum atomic E-state index is 11.6. The van der Waals surface area contributed by atoms with Gasteiger partial charge in [-0.05, 0) is 24.3 Å². The molecule has 0 aliphatic rings. The Bertz CT molecular complexity index is 669. The first-order valence-electron chi connectivity index (χ1n) is 6.14. The third-order valence-electron chi connectivity index (χ3n) is 2.54. The molecule has 0 spiro atoms. The van der Waals surface area contributed by atoms with E-state index in [1.54, 1.807) is 48.5 Å². The van der Waals surface area contributed by atoms with E-state index in [0.29, 0.717) is 11.3 Å². The number of carbonyl (C=O) groups is 2. The minimum atomic E-state index is -0.898. The first kappa shape index (κ1) is 14.3. The van der Waals surface area contributed by atoms with Crippen molar-refractivity contribution < 1.29 is 14.7 Å². The molecule has 106 valence electrons. The van der Waals surface area contributed by atoms with Gasteiger partial charge in [-0.15, -0.1) is 0 Å². The van der Waals surface area contributed by atoms with Crippen LogP contribution in [0.2, 0.25) is 0 Å². The maximum Gasteiger partial charge on any atom is 0.329 e. The summed E-state index contributed by atoms with van der Waals surface area (Å²) in [6.07, 6.45) is 1.25. The van der Waals surface area contributed by atoms with Crippen LogP contribution in [0.1, 0.15) is 5.56 Å². The monoisotopic (exact) mass is 283 g/mol. The number of hydrogen-bond acceptors (Lipinski definition) is 4. The molecule has 0 atom stereocenters. The summed E-state index contributed by atoms with van der Waals surface area (Å²) in [6.45, 7) is 0. The Labute approximate surface area is 121 Å². The molecule has 2 amide bonds. The predicted molar refractivity (Wildman–Crippen MR) is 78.9 cm³/mol. The lowest BCUT2D eigenvalue weighted by atomic mass is 10.2. The van der Waals surface area contributed by atoms with E-state index in [0.717, 1.165) is 0 Å². The van der Waals surface area contributed by atoms with E-state index in [-0.39, 0.29) is 5.75 Å². The number of rotatable bonds is 3. The van der Waals surface area contributed by atoms with Crippen LogP contribution in [0, 0.1) is 0 Å². The number of phenolic OH excluding ortho intramolecular Hbond substituents is 1. The largest absolute Gasteiger partial charge is 0.507 e. The quantitative estimate of drug-likeness (QED) is 0.452. The van der Waals surface area contributed by atoms with E-state index in [4.69, 9.17) is 0 Å². The van der Waals surface area contributed by atoms with Crippen LogP contribution in [0.5, 0.6) is 5.75 Å². The van der Waals surface area contributed by atoms with Crippen LogP contribution in [0.15, 0.2) is 59.7 Å². The molecule has 0 fully saturated rings. The number of benzene rings is 2. The van der Waals surface area contributed by atoms with Gasteiger partial charge in [0.15, 0.2) is 0 Å². The van der Waals surface area contributed by atoms with Crippen molar-refractivity contribution in [2.75, 3.05) is 5.32 Å². The van der Waals surface area contributed by atoms with Gasteiger partial charge in [0.25, 0.3) is 0 Å². The molecule has 6 nitrogen and oxygen atoms in total. The van der Waals surface area contributed by atoms with E-state index in [1.807, 2.05) is 0 Å². The Morgan fingerprint density at radius 2 is 1.62 bits per heavy atom. The molecular formula is C15H13N3O3. The fourth-order valence-electron chi connectivity index (χ4n) is 1.52. The average Bonchev–Trinajstić information content (AvgIpc) is 2.50. The lowest BCUT2D eigenvalue weighted by Gasteiger charge is -2.03. The minimum Gasteiger partial charge on any atom is -0.507 e. The summed E-state index contributed by atoms with van der Waals surface area (Å²) in [5.74, 6) is -1.69. The normalized spacial score (nSPS) is 10.3. The second kappa shape index (κ2) is 6.85. The predicted octanol–water partition coefficient (Wildman–Crippen LogP) is 1.48. The number of carbonyl (C=O) groups excluding carboxylic acids is 2. The summed E-state index contributed by atoms with van der Waals surface area (Å²) in [7, 11) is 0. The zero-order valence-electron chi connectivity index (χ0n) is 11.0. The summed E-state index contributed by atoms with van der Waals surface area (Å²) >= 11 is 0.